The van der Waals surface area contributed by atoms with E-state index in [0.29, 0.717) is 11.5 Å². The van der Waals surface area contributed by atoms with Crippen molar-refractivity contribution in [3.63, 3.8) is 0 Å². The lowest BCUT2D eigenvalue weighted by Crippen LogP contribution is -2.39. The molecule has 0 aliphatic heterocycles. The van der Waals surface area contributed by atoms with Gasteiger partial charge < -0.3 is 4.90 Å². The predicted octanol–water partition coefficient (Wildman–Crippen LogP) is 3.53. The van der Waals surface area contributed by atoms with Gasteiger partial charge >= 0.3 is 0 Å². The van der Waals surface area contributed by atoms with Crippen LogP contribution in [0.25, 0.3) is 0 Å². The van der Waals surface area contributed by atoms with Crippen molar-refractivity contribution in [2.75, 3.05) is 18.4 Å². The molecule has 0 unspecified atom stereocenters. The minimum absolute atomic E-state index is 0.624. The SMILES string of the molecule is CC(C)CN(CC1(CBr)CC1)C(C)C. The number of hydrogen-bond donors (Lipinski definition) is 0. The molecule has 0 bridgehead atoms. The average Bonchev–Trinajstić information content (AvgIpc) is 2.83. The van der Waals surface area contributed by atoms with Crippen LogP contribution in [0.3, 0.4) is 0 Å². The molecule has 1 aliphatic rings. The normalized spacial score (nSPS) is 19.7. The minimum atomic E-state index is 0.624. The van der Waals surface area contributed by atoms with Crippen molar-refractivity contribution in [1.29, 1.82) is 0 Å². The first-order valence-corrected chi connectivity index (χ1v) is 6.91. The lowest BCUT2D eigenvalue weighted by Gasteiger charge is -2.31. The Morgan fingerprint density at radius 1 is 1.21 bits per heavy atom. The number of hydrogen-bond acceptors (Lipinski definition) is 1. The van der Waals surface area contributed by atoms with E-state index in [1.54, 1.807) is 0 Å². The Morgan fingerprint density at radius 3 is 2.07 bits per heavy atom. The Labute approximate surface area is 97.4 Å². The van der Waals surface area contributed by atoms with Gasteiger partial charge in [0.2, 0.25) is 0 Å². The van der Waals surface area contributed by atoms with Crippen LogP contribution in [0.2, 0.25) is 0 Å². The van der Waals surface area contributed by atoms with Crippen molar-refractivity contribution in [2.45, 2.75) is 46.6 Å². The van der Waals surface area contributed by atoms with E-state index in [-0.39, 0.29) is 0 Å². The summed E-state index contributed by atoms with van der Waals surface area (Å²) in [6.07, 6.45) is 2.83. The van der Waals surface area contributed by atoms with Crippen LogP contribution < -0.4 is 0 Å². The van der Waals surface area contributed by atoms with E-state index in [2.05, 4.69) is 48.5 Å². The highest BCUT2D eigenvalue weighted by Crippen LogP contribution is 2.47. The van der Waals surface area contributed by atoms with E-state index in [9.17, 15) is 0 Å². The molecule has 0 radical (unpaired) electrons. The molecule has 2 heteroatoms. The van der Waals surface area contributed by atoms with E-state index in [0.717, 1.165) is 5.92 Å². The highest BCUT2D eigenvalue weighted by Gasteiger charge is 2.43. The van der Waals surface area contributed by atoms with Gasteiger partial charge in [0.25, 0.3) is 0 Å². The summed E-state index contributed by atoms with van der Waals surface area (Å²) < 4.78 is 0. The smallest absolute Gasteiger partial charge is 0.0100 e. The molecule has 0 aromatic heterocycles. The lowest BCUT2D eigenvalue weighted by atomic mass is 10.1. The topological polar surface area (TPSA) is 3.24 Å². The Balaban J connectivity index is 2.43. The van der Waals surface area contributed by atoms with E-state index in [1.165, 1.54) is 31.3 Å². The molecule has 1 saturated carbocycles. The van der Waals surface area contributed by atoms with Crippen molar-refractivity contribution < 1.29 is 0 Å². The summed E-state index contributed by atoms with van der Waals surface area (Å²) in [5, 5.41) is 1.18. The fourth-order valence-electron chi connectivity index (χ4n) is 1.87. The lowest BCUT2D eigenvalue weighted by molar-refractivity contribution is 0.167. The molecule has 84 valence electrons. The van der Waals surface area contributed by atoms with Gasteiger partial charge in [0.15, 0.2) is 0 Å². The number of nitrogens with zero attached hydrogens (tertiary/aromatic N) is 1. The summed E-state index contributed by atoms with van der Waals surface area (Å²) >= 11 is 3.65. The van der Waals surface area contributed by atoms with Crippen LogP contribution in [0, 0.1) is 11.3 Å². The Kier molecular flexibility index (Phi) is 4.45. The van der Waals surface area contributed by atoms with Gasteiger partial charge in [-0.05, 0) is 38.0 Å². The standard InChI is InChI=1S/C12H24BrN/c1-10(2)7-14(11(3)4)9-12(8-13)5-6-12/h10-11H,5-9H2,1-4H3. The molecule has 1 nitrogen and oxygen atoms in total. The largest absolute Gasteiger partial charge is 0.300 e. The molecule has 0 aromatic rings. The molecule has 0 N–H and O–H groups in total. The summed E-state index contributed by atoms with van der Waals surface area (Å²) in [5.41, 5.74) is 0.624. The first-order chi connectivity index (χ1) is 6.49. The highest BCUT2D eigenvalue weighted by atomic mass is 79.9. The Hall–Kier alpha value is 0.440. The quantitative estimate of drug-likeness (QED) is 0.662. The fourth-order valence-corrected chi connectivity index (χ4v) is 2.61. The number of halogens is 1. The average molecular weight is 262 g/mol. The molecule has 0 amide bonds. The fraction of sp³-hybridized carbons (Fsp3) is 1.00. The monoisotopic (exact) mass is 261 g/mol. The first kappa shape index (κ1) is 12.5. The van der Waals surface area contributed by atoms with Crippen LogP contribution >= 0.6 is 15.9 Å². The van der Waals surface area contributed by atoms with Gasteiger partial charge in [-0.2, -0.15) is 0 Å². The number of rotatable bonds is 6. The van der Waals surface area contributed by atoms with Crippen molar-refractivity contribution in [1.82, 2.24) is 4.90 Å². The molecule has 0 aromatic carbocycles. The van der Waals surface area contributed by atoms with Gasteiger partial charge in [0.1, 0.15) is 0 Å². The van der Waals surface area contributed by atoms with E-state index < -0.39 is 0 Å². The summed E-state index contributed by atoms with van der Waals surface area (Å²) in [7, 11) is 0. The van der Waals surface area contributed by atoms with Gasteiger partial charge in [-0.3, -0.25) is 0 Å². The zero-order valence-electron chi connectivity index (χ0n) is 10.0. The van der Waals surface area contributed by atoms with Crippen LogP contribution in [0.1, 0.15) is 40.5 Å². The highest BCUT2D eigenvalue weighted by molar-refractivity contribution is 9.09. The summed E-state index contributed by atoms with van der Waals surface area (Å²) in [6.45, 7) is 11.8. The minimum Gasteiger partial charge on any atom is -0.300 e. The van der Waals surface area contributed by atoms with E-state index in [1.807, 2.05) is 0 Å². The maximum atomic E-state index is 3.65. The van der Waals surface area contributed by atoms with Crippen molar-refractivity contribution in [3.8, 4) is 0 Å². The zero-order valence-corrected chi connectivity index (χ0v) is 11.6. The third-order valence-electron chi connectivity index (χ3n) is 3.11. The Morgan fingerprint density at radius 2 is 1.79 bits per heavy atom. The van der Waals surface area contributed by atoms with Crippen LogP contribution in [-0.2, 0) is 0 Å². The third-order valence-corrected chi connectivity index (χ3v) is 4.30. The third kappa shape index (κ3) is 3.54. The second-order valence-corrected chi connectivity index (χ2v) is 6.11. The summed E-state index contributed by atoms with van der Waals surface area (Å²) in [5.74, 6) is 0.781. The van der Waals surface area contributed by atoms with Crippen molar-refractivity contribution in [2.24, 2.45) is 11.3 Å². The second-order valence-electron chi connectivity index (χ2n) is 5.55. The van der Waals surface area contributed by atoms with E-state index >= 15 is 0 Å². The molecule has 0 atom stereocenters. The molecule has 1 rings (SSSR count). The predicted molar refractivity (Wildman–Crippen MR) is 67.0 cm³/mol. The molecular formula is C12H24BrN. The number of alkyl halides is 1. The van der Waals surface area contributed by atoms with Crippen LogP contribution in [0.5, 0.6) is 0 Å². The molecule has 1 aliphatic carbocycles. The molecule has 1 fully saturated rings. The molecule has 0 heterocycles. The molecule has 14 heavy (non-hydrogen) atoms. The van der Waals surface area contributed by atoms with Gasteiger partial charge in [0.05, 0.1) is 0 Å². The van der Waals surface area contributed by atoms with Crippen LogP contribution in [0.15, 0.2) is 0 Å². The van der Waals surface area contributed by atoms with Gasteiger partial charge in [-0.25, -0.2) is 0 Å². The summed E-state index contributed by atoms with van der Waals surface area (Å²) in [6, 6.07) is 0.689. The van der Waals surface area contributed by atoms with Gasteiger partial charge in [-0.1, -0.05) is 29.8 Å². The van der Waals surface area contributed by atoms with Gasteiger partial charge in [0, 0.05) is 24.5 Å². The Bertz CT molecular complexity index is 173. The second kappa shape index (κ2) is 4.98. The van der Waals surface area contributed by atoms with Crippen molar-refractivity contribution >= 4 is 15.9 Å². The zero-order chi connectivity index (χ0) is 10.8. The maximum Gasteiger partial charge on any atom is 0.0100 e. The molecule has 0 saturated heterocycles. The van der Waals surface area contributed by atoms with Gasteiger partial charge in [-0.15, -0.1) is 0 Å². The maximum absolute atomic E-state index is 3.65. The van der Waals surface area contributed by atoms with Crippen molar-refractivity contribution in [3.05, 3.63) is 0 Å². The molecule has 0 spiro atoms. The summed E-state index contributed by atoms with van der Waals surface area (Å²) in [4.78, 5) is 2.64. The van der Waals surface area contributed by atoms with Crippen LogP contribution in [0.4, 0.5) is 0 Å². The first-order valence-electron chi connectivity index (χ1n) is 5.79. The van der Waals surface area contributed by atoms with E-state index in [4.69, 9.17) is 0 Å². The molecular weight excluding hydrogens is 238 g/mol. The van der Waals surface area contributed by atoms with Crippen LogP contribution in [-0.4, -0.2) is 29.4 Å².